The lowest BCUT2D eigenvalue weighted by atomic mass is 9.75. The number of allylic oxidation sites excluding steroid dienone is 1. The van der Waals surface area contributed by atoms with Crippen LogP contribution in [0, 0.1) is 11.3 Å². The number of fused-ring (bicyclic) bond motifs is 1. The minimum Gasteiger partial charge on any atom is -0.488 e. The summed E-state index contributed by atoms with van der Waals surface area (Å²) in [5.41, 5.74) is 1.56. The molecule has 26 heavy (non-hydrogen) atoms. The number of hydrogen-bond donors (Lipinski definition) is 0. The van der Waals surface area contributed by atoms with E-state index in [2.05, 4.69) is 11.3 Å². The average molecular weight is 377 g/mol. The maximum absolute atomic E-state index is 12.4. The molecule has 5 nitrogen and oxygen atoms in total. The molecule has 0 amide bonds. The number of benzene rings is 1. The summed E-state index contributed by atoms with van der Waals surface area (Å²) in [6.45, 7) is 4.73. The smallest absolute Gasteiger partial charge is 0.330 e. The molecule has 0 aromatic heterocycles. The average Bonchev–Trinajstić information content (AvgIpc) is 3.07. The van der Waals surface area contributed by atoms with Crippen molar-refractivity contribution >= 4 is 23.5 Å². The van der Waals surface area contributed by atoms with Gasteiger partial charge in [-0.25, -0.2) is 4.79 Å². The Hall–Kier alpha value is -2.27. The molecule has 0 bridgehead atoms. The van der Waals surface area contributed by atoms with Gasteiger partial charge in [0.05, 0.1) is 24.2 Å². The maximum atomic E-state index is 12.4. The Bertz CT molecular complexity index is 769. The molecule has 1 heterocycles. The Morgan fingerprint density at radius 3 is 3.04 bits per heavy atom. The van der Waals surface area contributed by atoms with Crippen molar-refractivity contribution in [3.05, 3.63) is 53.1 Å². The van der Waals surface area contributed by atoms with Crippen LogP contribution in [0.4, 0.5) is 0 Å². The second-order valence-corrected chi connectivity index (χ2v) is 7.17. The van der Waals surface area contributed by atoms with Crippen LogP contribution in [0.3, 0.4) is 0 Å². The molecule has 2 atom stereocenters. The first-order chi connectivity index (χ1) is 12.4. The van der Waals surface area contributed by atoms with Gasteiger partial charge in [-0.2, -0.15) is 0 Å². The number of esters is 2. The molecule has 2 unspecified atom stereocenters. The first-order valence-electron chi connectivity index (χ1n) is 8.44. The molecule has 6 heteroatoms. The highest BCUT2D eigenvalue weighted by atomic mass is 35.5. The molecule has 1 aromatic rings. The molecule has 3 rings (SSSR count). The van der Waals surface area contributed by atoms with Gasteiger partial charge in [-0.3, -0.25) is 4.79 Å². The quantitative estimate of drug-likeness (QED) is 0.432. The van der Waals surface area contributed by atoms with E-state index in [1.165, 1.54) is 13.2 Å². The number of halogens is 1. The van der Waals surface area contributed by atoms with Crippen molar-refractivity contribution in [1.82, 2.24) is 0 Å². The number of carbonyl (C=O) groups is 2. The van der Waals surface area contributed by atoms with Crippen LogP contribution >= 0.6 is 11.6 Å². The predicted octanol–water partition coefficient (Wildman–Crippen LogP) is 3.50. The van der Waals surface area contributed by atoms with Gasteiger partial charge in [-0.1, -0.05) is 29.8 Å². The lowest BCUT2D eigenvalue weighted by Gasteiger charge is -2.24. The Morgan fingerprint density at radius 2 is 2.31 bits per heavy atom. The minimum atomic E-state index is -0.508. The lowest BCUT2D eigenvalue weighted by Crippen LogP contribution is -2.31. The van der Waals surface area contributed by atoms with E-state index in [0.717, 1.165) is 17.6 Å². The van der Waals surface area contributed by atoms with E-state index >= 15 is 0 Å². The summed E-state index contributed by atoms with van der Waals surface area (Å²) in [7, 11) is 1.31. The summed E-state index contributed by atoms with van der Waals surface area (Å²) in [5, 5.41) is 0.463. The molecule has 0 spiro atoms. The monoisotopic (exact) mass is 376 g/mol. The molecular formula is C20H21ClO5. The van der Waals surface area contributed by atoms with Gasteiger partial charge >= 0.3 is 11.9 Å². The van der Waals surface area contributed by atoms with Crippen LogP contribution in [0.15, 0.2) is 42.5 Å². The van der Waals surface area contributed by atoms with Crippen LogP contribution in [-0.4, -0.2) is 32.3 Å². The summed E-state index contributed by atoms with van der Waals surface area (Å²) in [5.74, 6) is 0.139. The molecule has 1 aromatic carbocycles. The molecule has 2 aliphatic rings. The first-order valence-corrected chi connectivity index (χ1v) is 8.82. The van der Waals surface area contributed by atoms with E-state index in [-0.39, 0.29) is 18.5 Å². The molecule has 1 saturated carbocycles. The Morgan fingerprint density at radius 1 is 1.50 bits per heavy atom. The molecule has 0 N–H and O–H groups in total. The van der Waals surface area contributed by atoms with Crippen LogP contribution in [0.1, 0.15) is 18.4 Å². The summed E-state index contributed by atoms with van der Waals surface area (Å²) in [6.07, 6.45) is 4.94. The van der Waals surface area contributed by atoms with Gasteiger partial charge in [0, 0.05) is 12.0 Å². The van der Waals surface area contributed by atoms with E-state index < -0.39 is 11.4 Å². The fourth-order valence-electron chi connectivity index (χ4n) is 3.75. The van der Waals surface area contributed by atoms with Gasteiger partial charge in [0.25, 0.3) is 0 Å². The first kappa shape index (κ1) is 18.5. The van der Waals surface area contributed by atoms with Crippen molar-refractivity contribution in [3.63, 3.8) is 0 Å². The van der Waals surface area contributed by atoms with Crippen molar-refractivity contribution in [2.45, 2.75) is 19.3 Å². The van der Waals surface area contributed by atoms with Crippen molar-refractivity contribution in [3.8, 4) is 5.75 Å². The van der Waals surface area contributed by atoms with E-state index in [9.17, 15) is 9.59 Å². The molecule has 1 aliphatic carbocycles. The van der Waals surface area contributed by atoms with E-state index in [0.29, 0.717) is 30.2 Å². The molecule has 0 radical (unpaired) electrons. The normalized spacial score (nSPS) is 24.6. The van der Waals surface area contributed by atoms with Crippen LogP contribution in [0.2, 0.25) is 5.02 Å². The Labute approximate surface area is 157 Å². The molecule has 1 aliphatic heterocycles. The highest BCUT2D eigenvalue weighted by Crippen LogP contribution is 2.52. The van der Waals surface area contributed by atoms with Crippen LogP contribution < -0.4 is 4.74 Å². The molecular weight excluding hydrogens is 356 g/mol. The number of rotatable bonds is 6. The van der Waals surface area contributed by atoms with E-state index in [1.807, 2.05) is 12.1 Å². The number of methoxy groups -OCH3 is 1. The zero-order chi connectivity index (χ0) is 18.7. The maximum Gasteiger partial charge on any atom is 0.330 e. The number of ether oxygens (including phenoxy) is 3. The fraction of sp³-hybridized carbons (Fsp3) is 0.400. The van der Waals surface area contributed by atoms with Crippen molar-refractivity contribution in [2.24, 2.45) is 11.3 Å². The lowest BCUT2D eigenvalue weighted by molar-refractivity contribution is -0.146. The third-order valence-corrected chi connectivity index (χ3v) is 5.31. The highest BCUT2D eigenvalue weighted by molar-refractivity contribution is 6.32. The van der Waals surface area contributed by atoms with Gasteiger partial charge in [-0.05, 0) is 43.0 Å². The van der Waals surface area contributed by atoms with Crippen molar-refractivity contribution < 1.29 is 23.8 Å². The van der Waals surface area contributed by atoms with Gasteiger partial charge in [0.1, 0.15) is 12.4 Å². The zero-order valence-electron chi connectivity index (χ0n) is 14.6. The van der Waals surface area contributed by atoms with Crippen molar-refractivity contribution in [2.75, 3.05) is 20.3 Å². The topological polar surface area (TPSA) is 61.8 Å². The second kappa shape index (κ2) is 7.54. The van der Waals surface area contributed by atoms with Crippen molar-refractivity contribution in [1.29, 1.82) is 0 Å². The third kappa shape index (κ3) is 3.63. The largest absolute Gasteiger partial charge is 0.488 e. The summed E-state index contributed by atoms with van der Waals surface area (Å²) >= 11 is 6.31. The Kier molecular flexibility index (Phi) is 5.37. The molecule has 1 saturated heterocycles. The standard InChI is InChI=1S/C20H21ClO5/c1-13-8-15-12-26-19(23)20(15,10-13)11-14-5-6-17(16(21)9-14)25-7-3-4-18(22)24-2/h3-6,9,15H,1,7-8,10-12H2,2H3/b4-3+. The summed E-state index contributed by atoms with van der Waals surface area (Å²) in [6, 6.07) is 5.50. The van der Waals surface area contributed by atoms with Gasteiger partial charge in [0.15, 0.2) is 0 Å². The summed E-state index contributed by atoms with van der Waals surface area (Å²) < 4.78 is 15.4. The van der Waals surface area contributed by atoms with Gasteiger partial charge in [0.2, 0.25) is 0 Å². The Balaban J connectivity index is 1.68. The van der Waals surface area contributed by atoms with Gasteiger partial charge < -0.3 is 14.2 Å². The summed E-state index contributed by atoms with van der Waals surface area (Å²) in [4.78, 5) is 23.4. The fourth-order valence-corrected chi connectivity index (χ4v) is 4.01. The molecule has 138 valence electrons. The van der Waals surface area contributed by atoms with Crippen LogP contribution in [0.5, 0.6) is 5.75 Å². The van der Waals surface area contributed by atoms with E-state index in [1.54, 1.807) is 12.1 Å². The van der Waals surface area contributed by atoms with Crippen LogP contribution in [-0.2, 0) is 25.5 Å². The predicted molar refractivity (Wildman–Crippen MR) is 97.1 cm³/mol. The van der Waals surface area contributed by atoms with Gasteiger partial charge in [-0.15, -0.1) is 0 Å². The number of cyclic esters (lactones) is 1. The highest BCUT2D eigenvalue weighted by Gasteiger charge is 2.55. The second-order valence-electron chi connectivity index (χ2n) is 6.76. The zero-order valence-corrected chi connectivity index (χ0v) is 15.4. The number of carbonyl (C=O) groups excluding carboxylic acids is 2. The molecule has 2 fully saturated rings. The van der Waals surface area contributed by atoms with Crippen LogP contribution in [0.25, 0.3) is 0 Å². The SMILES string of the molecule is C=C1CC2COC(=O)C2(Cc2ccc(OC/C=C/C(=O)OC)c(Cl)c2)C1. The number of hydrogen-bond acceptors (Lipinski definition) is 5. The third-order valence-electron chi connectivity index (χ3n) is 5.01. The minimum absolute atomic E-state index is 0.134. The van der Waals surface area contributed by atoms with E-state index in [4.69, 9.17) is 21.1 Å².